The summed E-state index contributed by atoms with van der Waals surface area (Å²) in [5.74, 6) is -5.85. The van der Waals surface area contributed by atoms with Crippen molar-refractivity contribution in [3.8, 4) is 28.7 Å². The summed E-state index contributed by atoms with van der Waals surface area (Å²) < 4.78 is 90.2. The van der Waals surface area contributed by atoms with Gasteiger partial charge in [-0.1, -0.05) is 0 Å². The van der Waals surface area contributed by atoms with E-state index in [9.17, 15) is 26.7 Å². The van der Waals surface area contributed by atoms with E-state index in [2.05, 4.69) is 15.3 Å². The number of fused-ring (bicyclic) bond motifs is 1. The summed E-state index contributed by atoms with van der Waals surface area (Å²) in [6.07, 6.45) is -0.664. The third-order valence-electron chi connectivity index (χ3n) is 5.26. The molecule has 9 nitrogen and oxygen atoms in total. The number of aliphatic hydroxyl groups excluding tert-OH is 1. The van der Waals surface area contributed by atoms with E-state index in [0.29, 0.717) is 10.9 Å². The van der Waals surface area contributed by atoms with Crippen molar-refractivity contribution in [1.82, 2.24) is 9.97 Å². The van der Waals surface area contributed by atoms with Crippen molar-refractivity contribution in [3.63, 3.8) is 0 Å². The lowest BCUT2D eigenvalue weighted by atomic mass is 10.1. The van der Waals surface area contributed by atoms with Gasteiger partial charge in [-0.15, -0.1) is 0 Å². The van der Waals surface area contributed by atoms with E-state index in [1.54, 1.807) is 0 Å². The van der Waals surface area contributed by atoms with Crippen molar-refractivity contribution >= 4 is 22.5 Å². The van der Waals surface area contributed by atoms with Gasteiger partial charge in [-0.25, -0.2) is 22.5 Å². The maximum atomic E-state index is 15.0. The minimum atomic E-state index is -2.90. The van der Waals surface area contributed by atoms with Gasteiger partial charge in [0, 0.05) is 41.7 Å². The molecule has 2 heterocycles. The minimum absolute atomic E-state index is 0.00449. The average molecular weight is 565 g/mol. The van der Waals surface area contributed by atoms with E-state index < -0.39 is 59.3 Å². The van der Waals surface area contributed by atoms with Crippen LogP contribution in [0, 0.1) is 17.6 Å². The molecule has 0 aliphatic heterocycles. The molecule has 40 heavy (non-hydrogen) atoms. The second kappa shape index (κ2) is 12.4. The normalized spacial score (nSPS) is 11.0. The van der Waals surface area contributed by atoms with Gasteiger partial charge in [0.15, 0.2) is 28.9 Å². The Morgan fingerprint density at radius 3 is 2.33 bits per heavy atom. The van der Waals surface area contributed by atoms with Crippen LogP contribution < -0.4 is 24.3 Å². The molecule has 2 N–H and O–H groups in total. The summed E-state index contributed by atoms with van der Waals surface area (Å²) in [4.78, 5) is 20.1. The molecule has 0 aliphatic carbocycles. The summed E-state index contributed by atoms with van der Waals surface area (Å²) >= 11 is 0. The number of benzene rings is 2. The number of aromatic nitrogens is 2. The lowest BCUT2D eigenvalue weighted by Gasteiger charge is -2.15. The number of ether oxygens (including phenoxy) is 4. The Morgan fingerprint density at radius 1 is 0.950 bits per heavy atom. The number of amides is 1. The number of carbonyl (C=O) groups excluding carboxylic acids is 1. The van der Waals surface area contributed by atoms with Crippen molar-refractivity contribution in [3.05, 3.63) is 71.9 Å². The van der Waals surface area contributed by atoms with Gasteiger partial charge in [-0.2, -0.15) is 4.39 Å². The Balaban J connectivity index is 1.61. The van der Waals surface area contributed by atoms with E-state index in [1.165, 1.54) is 31.5 Å². The van der Waals surface area contributed by atoms with E-state index in [-0.39, 0.29) is 30.5 Å². The molecular formula is C26H20F5N3O6. The van der Waals surface area contributed by atoms with Crippen LogP contribution in [0.25, 0.3) is 10.9 Å². The highest BCUT2D eigenvalue weighted by atomic mass is 19.3. The number of aliphatic hydroxyl groups is 1. The molecule has 0 saturated carbocycles. The number of nitrogens with zero attached hydrogens (tertiary/aromatic N) is 2. The van der Waals surface area contributed by atoms with Gasteiger partial charge in [-0.05, 0) is 18.2 Å². The summed E-state index contributed by atoms with van der Waals surface area (Å²) in [7, 11) is 1.38. The summed E-state index contributed by atoms with van der Waals surface area (Å²) in [6, 6.07) is 6.76. The van der Waals surface area contributed by atoms with Crippen molar-refractivity contribution in [2.24, 2.45) is 0 Å². The average Bonchev–Trinajstić information content (AvgIpc) is 2.92. The van der Waals surface area contributed by atoms with Crippen molar-refractivity contribution in [1.29, 1.82) is 0 Å². The SMILES string of the molecule is COc1cc2c(Oc3c(F)cc(NC(=O)c4c(OCC(F)F)ccnc4F)cc3F)ccnc2cc1OCCO. The number of hydrogen-bond donors (Lipinski definition) is 2. The zero-order valence-corrected chi connectivity index (χ0v) is 20.6. The van der Waals surface area contributed by atoms with Gasteiger partial charge in [0.05, 0.1) is 19.2 Å². The van der Waals surface area contributed by atoms with Crippen molar-refractivity contribution in [2.75, 3.05) is 32.2 Å². The van der Waals surface area contributed by atoms with Crippen molar-refractivity contribution < 1.29 is 50.8 Å². The van der Waals surface area contributed by atoms with Crippen LogP contribution in [0.4, 0.5) is 27.6 Å². The summed E-state index contributed by atoms with van der Waals surface area (Å²) in [6.45, 7) is -1.36. The summed E-state index contributed by atoms with van der Waals surface area (Å²) in [5.41, 5.74) is -0.925. The second-order valence-electron chi connectivity index (χ2n) is 7.90. The highest BCUT2D eigenvalue weighted by Crippen LogP contribution is 2.38. The van der Waals surface area contributed by atoms with Gasteiger partial charge >= 0.3 is 0 Å². The fraction of sp³-hybridized carbons (Fsp3) is 0.192. The quantitative estimate of drug-likeness (QED) is 0.191. The molecule has 0 saturated heterocycles. The van der Waals surface area contributed by atoms with Crippen LogP contribution in [0.5, 0.6) is 28.7 Å². The Kier molecular flexibility index (Phi) is 8.79. The molecule has 4 rings (SSSR count). The number of rotatable bonds is 11. The highest BCUT2D eigenvalue weighted by Gasteiger charge is 2.23. The zero-order chi connectivity index (χ0) is 28.8. The lowest BCUT2D eigenvalue weighted by Crippen LogP contribution is -2.18. The maximum Gasteiger partial charge on any atom is 0.272 e. The molecule has 0 aliphatic rings. The number of alkyl halides is 2. The van der Waals surface area contributed by atoms with Crippen LogP contribution >= 0.6 is 0 Å². The maximum absolute atomic E-state index is 15.0. The Morgan fingerprint density at radius 2 is 1.65 bits per heavy atom. The fourth-order valence-electron chi connectivity index (χ4n) is 3.58. The number of halogens is 5. The number of nitrogens with one attached hydrogen (secondary N) is 1. The molecule has 2 aromatic carbocycles. The molecule has 0 atom stereocenters. The molecule has 0 fully saturated rings. The predicted octanol–water partition coefficient (Wildman–Crippen LogP) is 5.12. The third kappa shape index (κ3) is 6.29. The van der Waals surface area contributed by atoms with Gasteiger partial charge in [0.1, 0.15) is 30.3 Å². The first-order chi connectivity index (χ1) is 19.2. The number of carbonyl (C=O) groups is 1. The Labute approximate surface area is 223 Å². The topological polar surface area (TPSA) is 112 Å². The summed E-state index contributed by atoms with van der Waals surface area (Å²) in [5, 5.41) is 11.4. The molecule has 4 aromatic rings. The monoisotopic (exact) mass is 565 g/mol. The van der Waals surface area contributed by atoms with E-state index in [0.717, 1.165) is 24.4 Å². The van der Waals surface area contributed by atoms with Gasteiger partial charge in [-0.3, -0.25) is 9.78 Å². The van der Waals surface area contributed by atoms with Gasteiger partial charge < -0.3 is 29.4 Å². The molecule has 1 amide bonds. The molecule has 2 aromatic heterocycles. The van der Waals surface area contributed by atoms with Crippen LogP contribution in [0.3, 0.4) is 0 Å². The second-order valence-corrected chi connectivity index (χ2v) is 7.90. The van der Waals surface area contributed by atoms with Crippen LogP contribution in [0.2, 0.25) is 0 Å². The minimum Gasteiger partial charge on any atom is -0.493 e. The number of hydrogen-bond acceptors (Lipinski definition) is 8. The zero-order valence-electron chi connectivity index (χ0n) is 20.6. The first-order valence-corrected chi connectivity index (χ1v) is 11.5. The van der Waals surface area contributed by atoms with E-state index >= 15 is 0 Å². The number of pyridine rings is 2. The Hall–Kier alpha value is -4.72. The largest absolute Gasteiger partial charge is 0.493 e. The third-order valence-corrected chi connectivity index (χ3v) is 5.26. The smallest absolute Gasteiger partial charge is 0.272 e. The lowest BCUT2D eigenvalue weighted by molar-refractivity contribution is 0.0798. The molecule has 0 bridgehead atoms. The Bertz CT molecular complexity index is 1520. The van der Waals surface area contributed by atoms with Crippen molar-refractivity contribution in [2.45, 2.75) is 6.43 Å². The standard InChI is InChI=1S/C26H20F5N3O6/c1-37-20-10-14-17(11-21(20)38-7-6-35)32-4-2-18(14)40-24-15(27)8-13(9-16(24)28)34-26(36)23-19(39-12-22(29)30)3-5-33-25(23)31/h2-5,8-11,22,35H,6-7,12H2,1H3,(H,34,36). The van der Waals surface area contributed by atoms with Crippen LogP contribution in [-0.2, 0) is 0 Å². The predicted molar refractivity (Wildman–Crippen MR) is 131 cm³/mol. The molecule has 14 heteroatoms. The van der Waals surface area contributed by atoms with Crippen LogP contribution in [0.1, 0.15) is 10.4 Å². The molecule has 210 valence electrons. The number of methoxy groups -OCH3 is 1. The molecular weight excluding hydrogens is 545 g/mol. The van der Waals surface area contributed by atoms with Gasteiger partial charge in [0.2, 0.25) is 5.95 Å². The first-order valence-electron chi connectivity index (χ1n) is 11.5. The van der Waals surface area contributed by atoms with E-state index in [4.69, 9.17) is 24.1 Å². The fourth-order valence-corrected chi connectivity index (χ4v) is 3.58. The molecule has 0 spiro atoms. The first kappa shape index (κ1) is 28.3. The van der Waals surface area contributed by atoms with E-state index in [1.807, 2.05) is 0 Å². The van der Waals surface area contributed by atoms with Crippen LogP contribution in [0.15, 0.2) is 48.8 Å². The molecule has 0 unspecified atom stereocenters. The van der Waals surface area contributed by atoms with Crippen LogP contribution in [-0.4, -0.2) is 54.3 Å². The van der Waals surface area contributed by atoms with Gasteiger partial charge in [0.25, 0.3) is 12.3 Å². The highest BCUT2D eigenvalue weighted by molar-refractivity contribution is 6.06. The molecule has 0 radical (unpaired) electrons. The number of anilines is 1.